The lowest BCUT2D eigenvalue weighted by Gasteiger charge is -2.11. The Morgan fingerprint density at radius 3 is 2.74 bits per heavy atom. The maximum atomic E-state index is 11.3. The van der Waals surface area contributed by atoms with Crippen molar-refractivity contribution in [2.75, 3.05) is 5.32 Å². The molecule has 0 amide bonds. The maximum Gasteiger partial charge on any atom is 0.339 e. The van der Waals surface area contributed by atoms with Crippen molar-refractivity contribution in [2.45, 2.75) is 27.3 Å². The van der Waals surface area contributed by atoms with Crippen LogP contribution in [0.4, 0.5) is 5.69 Å². The Morgan fingerprint density at radius 1 is 1.42 bits per heavy atom. The van der Waals surface area contributed by atoms with E-state index in [0.29, 0.717) is 23.8 Å². The highest BCUT2D eigenvalue weighted by Gasteiger charge is 2.15. The Kier molecular flexibility index (Phi) is 3.50. The average Bonchev–Trinajstić information content (AvgIpc) is 2.71. The lowest BCUT2D eigenvalue weighted by atomic mass is 10.1. The highest BCUT2D eigenvalue weighted by molar-refractivity contribution is 5.95. The van der Waals surface area contributed by atoms with Crippen molar-refractivity contribution in [3.8, 4) is 0 Å². The van der Waals surface area contributed by atoms with E-state index in [4.69, 9.17) is 4.42 Å². The molecule has 2 aromatic rings. The van der Waals surface area contributed by atoms with Crippen molar-refractivity contribution in [3.63, 3.8) is 0 Å². The first kappa shape index (κ1) is 13.1. The number of aryl methyl sites for hydroxylation is 3. The van der Waals surface area contributed by atoms with Crippen LogP contribution in [0.25, 0.3) is 0 Å². The number of pyridine rings is 1. The Labute approximate surface area is 110 Å². The number of carboxylic acids is 1. The van der Waals surface area contributed by atoms with E-state index >= 15 is 0 Å². The second-order valence-electron chi connectivity index (χ2n) is 4.29. The molecule has 6 heteroatoms. The van der Waals surface area contributed by atoms with Gasteiger partial charge >= 0.3 is 5.97 Å². The molecule has 2 aromatic heterocycles. The lowest BCUT2D eigenvalue weighted by molar-refractivity contribution is 0.0696. The van der Waals surface area contributed by atoms with E-state index in [-0.39, 0.29) is 5.56 Å². The standard InChI is InChI=1S/C13H15N3O3/c1-7-4-10(12(13(17)18)9(3)16-7)14-6-11-15-5-8(2)19-11/h4-5H,6H2,1-3H3,(H,14,16)(H,17,18). The quantitative estimate of drug-likeness (QED) is 0.878. The molecular weight excluding hydrogens is 246 g/mol. The van der Waals surface area contributed by atoms with Gasteiger partial charge in [0.15, 0.2) is 0 Å². The monoisotopic (exact) mass is 261 g/mol. The molecule has 2 rings (SSSR count). The second kappa shape index (κ2) is 5.09. The smallest absolute Gasteiger partial charge is 0.339 e. The highest BCUT2D eigenvalue weighted by Crippen LogP contribution is 2.20. The van der Waals surface area contributed by atoms with E-state index in [1.165, 1.54) is 0 Å². The number of carbonyl (C=O) groups is 1. The SMILES string of the molecule is Cc1cc(NCc2ncc(C)o2)c(C(=O)O)c(C)n1. The zero-order valence-electron chi connectivity index (χ0n) is 11.0. The molecule has 2 N–H and O–H groups in total. The number of hydrogen-bond acceptors (Lipinski definition) is 5. The van der Waals surface area contributed by atoms with Crippen LogP contribution < -0.4 is 5.32 Å². The van der Waals surface area contributed by atoms with E-state index in [0.717, 1.165) is 11.5 Å². The molecule has 0 aliphatic rings. The van der Waals surface area contributed by atoms with Gasteiger partial charge in [0.1, 0.15) is 11.3 Å². The fraction of sp³-hybridized carbons (Fsp3) is 0.308. The molecule has 6 nitrogen and oxygen atoms in total. The van der Waals surface area contributed by atoms with Crippen LogP contribution in [0.15, 0.2) is 16.7 Å². The molecule has 0 radical (unpaired) electrons. The van der Waals surface area contributed by atoms with Crippen LogP contribution in [-0.4, -0.2) is 21.0 Å². The Bertz CT molecular complexity index is 620. The number of nitrogens with zero attached hydrogens (tertiary/aromatic N) is 2. The van der Waals surface area contributed by atoms with Gasteiger partial charge in [0.2, 0.25) is 5.89 Å². The molecule has 0 aliphatic carbocycles. The largest absolute Gasteiger partial charge is 0.478 e. The van der Waals surface area contributed by atoms with Gasteiger partial charge < -0.3 is 14.8 Å². The molecule has 0 spiro atoms. The van der Waals surface area contributed by atoms with Crippen molar-refractivity contribution in [1.29, 1.82) is 0 Å². The molecule has 0 unspecified atom stereocenters. The molecule has 0 fully saturated rings. The predicted molar refractivity (Wildman–Crippen MR) is 69.2 cm³/mol. The fourth-order valence-corrected chi connectivity index (χ4v) is 1.89. The molecular formula is C13H15N3O3. The third kappa shape index (κ3) is 2.90. The number of carboxylic acid groups (broad SMARTS) is 1. The van der Waals surface area contributed by atoms with E-state index < -0.39 is 5.97 Å². The van der Waals surface area contributed by atoms with E-state index in [1.54, 1.807) is 26.1 Å². The van der Waals surface area contributed by atoms with Crippen LogP contribution >= 0.6 is 0 Å². The zero-order valence-corrected chi connectivity index (χ0v) is 11.0. The predicted octanol–water partition coefficient (Wildman–Crippen LogP) is 2.31. The lowest BCUT2D eigenvalue weighted by Crippen LogP contribution is -2.10. The van der Waals surface area contributed by atoms with Crippen molar-refractivity contribution < 1.29 is 14.3 Å². The molecule has 2 heterocycles. The summed E-state index contributed by atoms with van der Waals surface area (Å²) in [6, 6.07) is 1.70. The summed E-state index contributed by atoms with van der Waals surface area (Å²) in [5.41, 5.74) is 1.94. The van der Waals surface area contributed by atoms with Crippen LogP contribution in [0, 0.1) is 20.8 Å². The van der Waals surface area contributed by atoms with Crippen LogP contribution in [0.3, 0.4) is 0 Å². The molecule has 0 bridgehead atoms. The number of aromatic carboxylic acids is 1. The molecule has 0 saturated heterocycles. The van der Waals surface area contributed by atoms with Crippen molar-refractivity contribution in [3.05, 3.63) is 40.9 Å². The minimum Gasteiger partial charge on any atom is -0.478 e. The van der Waals surface area contributed by atoms with Crippen LogP contribution in [0.5, 0.6) is 0 Å². The summed E-state index contributed by atoms with van der Waals surface area (Å²) >= 11 is 0. The van der Waals surface area contributed by atoms with Gasteiger partial charge in [-0.1, -0.05) is 0 Å². The maximum absolute atomic E-state index is 11.3. The number of aromatic nitrogens is 2. The summed E-state index contributed by atoms with van der Waals surface area (Å²) in [7, 11) is 0. The summed E-state index contributed by atoms with van der Waals surface area (Å²) in [4.78, 5) is 19.5. The van der Waals surface area contributed by atoms with Crippen LogP contribution in [-0.2, 0) is 6.54 Å². The summed E-state index contributed by atoms with van der Waals surface area (Å²) < 4.78 is 5.33. The van der Waals surface area contributed by atoms with Crippen LogP contribution in [0.2, 0.25) is 0 Å². The molecule has 100 valence electrons. The van der Waals surface area contributed by atoms with Gasteiger partial charge in [0.25, 0.3) is 0 Å². The molecule has 0 aromatic carbocycles. The minimum atomic E-state index is -1.00. The van der Waals surface area contributed by atoms with Crippen molar-refractivity contribution in [2.24, 2.45) is 0 Å². The first-order valence-electron chi connectivity index (χ1n) is 5.84. The topological polar surface area (TPSA) is 88.2 Å². The molecule has 0 atom stereocenters. The Balaban J connectivity index is 2.26. The number of oxazole rings is 1. The number of hydrogen-bond donors (Lipinski definition) is 2. The van der Waals surface area contributed by atoms with Crippen molar-refractivity contribution in [1.82, 2.24) is 9.97 Å². The van der Waals surface area contributed by atoms with Gasteiger partial charge in [0, 0.05) is 5.69 Å². The van der Waals surface area contributed by atoms with Crippen LogP contribution in [0.1, 0.15) is 33.4 Å². The third-order valence-corrected chi connectivity index (χ3v) is 2.64. The van der Waals surface area contributed by atoms with Gasteiger partial charge in [0.05, 0.1) is 24.1 Å². The number of nitrogens with one attached hydrogen (secondary N) is 1. The van der Waals surface area contributed by atoms with Gasteiger partial charge in [-0.05, 0) is 26.8 Å². The van der Waals surface area contributed by atoms with E-state index in [1.807, 2.05) is 6.92 Å². The van der Waals surface area contributed by atoms with Gasteiger partial charge in [-0.25, -0.2) is 9.78 Å². The molecule has 0 aliphatic heterocycles. The first-order valence-corrected chi connectivity index (χ1v) is 5.84. The zero-order chi connectivity index (χ0) is 14.0. The van der Waals surface area contributed by atoms with Crippen molar-refractivity contribution >= 4 is 11.7 Å². The third-order valence-electron chi connectivity index (χ3n) is 2.64. The first-order chi connectivity index (χ1) is 8.97. The molecule has 19 heavy (non-hydrogen) atoms. The summed E-state index contributed by atoms with van der Waals surface area (Å²) in [6.07, 6.45) is 1.62. The summed E-state index contributed by atoms with van der Waals surface area (Å²) in [5.74, 6) is 0.231. The van der Waals surface area contributed by atoms with E-state index in [9.17, 15) is 9.90 Å². The normalized spacial score (nSPS) is 10.5. The van der Waals surface area contributed by atoms with Gasteiger partial charge in [-0.2, -0.15) is 0 Å². The van der Waals surface area contributed by atoms with Gasteiger partial charge in [-0.3, -0.25) is 4.98 Å². The second-order valence-corrected chi connectivity index (χ2v) is 4.29. The minimum absolute atomic E-state index is 0.175. The number of rotatable bonds is 4. The van der Waals surface area contributed by atoms with Gasteiger partial charge in [-0.15, -0.1) is 0 Å². The Morgan fingerprint density at radius 2 is 2.16 bits per heavy atom. The summed E-state index contributed by atoms with van der Waals surface area (Å²) in [6.45, 7) is 5.63. The highest BCUT2D eigenvalue weighted by atomic mass is 16.4. The summed E-state index contributed by atoms with van der Waals surface area (Å²) in [5, 5.41) is 12.2. The average molecular weight is 261 g/mol. The van der Waals surface area contributed by atoms with E-state index in [2.05, 4.69) is 15.3 Å². The fourth-order valence-electron chi connectivity index (χ4n) is 1.89. The molecule has 0 saturated carbocycles. The number of anilines is 1. The Hall–Kier alpha value is -2.37.